The fourth-order valence-electron chi connectivity index (χ4n) is 1.80. The number of nitrogens with one attached hydrogen (secondary N) is 1. The molecule has 96 valence electrons. The van der Waals surface area contributed by atoms with Crippen LogP contribution < -0.4 is 5.32 Å². The van der Waals surface area contributed by atoms with Crippen molar-refractivity contribution in [1.82, 2.24) is 0 Å². The van der Waals surface area contributed by atoms with E-state index in [-0.39, 0.29) is 40.4 Å². The van der Waals surface area contributed by atoms with E-state index in [1.807, 2.05) is 0 Å². The van der Waals surface area contributed by atoms with Gasteiger partial charge < -0.3 is 5.32 Å². The van der Waals surface area contributed by atoms with Gasteiger partial charge in [0.25, 0.3) is 10.1 Å². The SMILES string of the molecule is CC(=O)Nc1ccc(S(=O)(=O)O)c2ccccc12.[NaH]. The van der Waals surface area contributed by atoms with E-state index in [1.165, 1.54) is 19.1 Å². The van der Waals surface area contributed by atoms with Crippen LogP contribution >= 0.6 is 0 Å². The van der Waals surface area contributed by atoms with Crippen LogP contribution in [0.5, 0.6) is 0 Å². The van der Waals surface area contributed by atoms with Crippen molar-refractivity contribution < 1.29 is 17.8 Å². The van der Waals surface area contributed by atoms with Crippen molar-refractivity contribution in [2.75, 3.05) is 5.32 Å². The first kappa shape index (κ1) is 16.1. The Hall–Kier alpha value is -0.920. The van der Waals surface area contributed by atoms with Crippen molar-refractivity contribution in [3.63, 3.8) is 0 Å². The second-order valence-corrected chi connectivity index (χ2v) is 5.20. The van der Waals surface area contributed by atoms with E-state index >= 15 is 0 Å². The monoisotopic (exact) mass is 289 g/mol. The standard InChI is InChI=1S/C12H11NO4S.Na.H/c1-8(14)13-11-6-7-12(18(15,16)17)10-5-3-2-4-9(10)11;;/h2-7H,1H3,(H,13,14)(H,15,16,17);;. The first-order chi connectivity index (χ1) is 8.39. The molecule has 0 fully saturated rings. The number of fused-ring (bicyclic) bond motifs is 1. The minimum atomic E-state index is -4.29. The van der Waals surface area contributed by atoms with E-state index in [4.69, 9.17) is 4.55 Å². The second-order valence-electron chi connectivity index (χ2n) is 3.81. The molecule has 0 bridgehead atoms. The van der Waals surface area contributed by atoms with Gasteiger partial charge >= 0.3 is 29.6 Å². The molecule has 0 heterocycles. The molecular weight excluding hydrogens is 277 g/mol. The first-order valence-electron chi connectivity index (χ1n) is 5.16. The number of hydrogen-bond acceptors (Lipinski definition) is 3. The second kappa shape index (κ2) is 6.02. The molecule has 2 aromatic rings. The maximum atomic E-state index is 11.2. The Kier molecular flexibility index (Phi) is 5.11. The van der Waals surface area contributed by atoms with Gasteiger partial charge in [0.2, 0.25) is 5.91 Å². The molecule has 2 N–H and O–H groups in total. The van der Waals surface area contributed by atoms with Gasteiger partial charge in [-0.1, -0.05) is 24.3 Å². The van der Waals surface area contributed by atoms with Crippen LogP contribution in [-0.4, -0.2) is 48.4 Å². The predicted octanol–water partition coefficient (Wildman–Crippen LogP) is 1.40. The van der Waals surface area contributed by atoms with Crippen LogP contribution in [0.4, 0.5) is 5.69 Å². The van der Waals surface area contributed by atoms with Crippen LogP contribution in [0.15, 0.2) is 41.3 Å². The van der Waals surface area contributed by atoms with Crippen molar-refractivity contribution in [2.24, 2.45) is 0 Å². The summed E-state index contributed by atoms with van der Waals surface area (Å²) in [5, 5.41) is 3.54. The summed E-state index contributed by atoms with van der Waals surface area (Å²) in [5.41, 5.74) is 0.505. The van der Waals surface area contributed by atoms with Crippen LogP contribution in [0.2, 0.25) is 0 Å². The first-order valence-corrected chi connectivity index (χ1v) is 6.60. The van der Waals surface area contributed by atoms with E-state index < -0.39 is 10.1 Å². The van der Waals surface area contributed by atoms with E-state index in [0.717, 1.165) is 0 Å². The number of amides is 1. The molecule has 2 rings (SSSR count). The predicted molar refractivity (Wildman–Crippen MR) is 75.2 cm³/mol. The van der Waals surface area contributed by atoms with Crippen molar-refractivity contribution >= 4 is 62.0 Å². The molecule has 19 heavy (non-hydrogen) atoms. The maximum absolute atomic E-state index is 11.2. The van der Waals surface area contributed by atoms with Gasteiger partial charge in [-0.25, -0.2) is 0 Å². The van der Waals surface area contributed by atoms with Gasteiger partial charge in [-0.05, 0) is 12.1 Å². The number of carbonyl (C=O) groups excluding carboxylic acids is 1. The molecule has 1 amide bonds. The molecule has 0 saturated heterocycles. The molecule has 0 aliphatic rings. The summed E-state index contributed by atoms with van der Waals surface area (Å²) in [7, 11) is -4.29. The number of benzene rings is 2. The van der Waals surface area contributed by atoms with Crippen LogP contribution in [0.3, 0.4) is 0 Å². The zero-order valence-electron chi connectivity index (χ0n) is 9.54. The van der Waals surface area contributed by atoms with Crippen LogP contribution in [0, 0.1) is 0 Å². The fraction of sp³-hybridized carbons (Fsp3) is 0.0833. The normalized spacial score (nSPS) is 10.8. The molecular formula is C12H12NNaO4S. The van der Waals surface area contributed by atoms with Crippen molar-refractivity contribution in [1.29, 1.82) is 0 Å². The van der Waals surface area contributed by atoms with E-state index in [2.05, 4.69) is 5.32 Å². The Labute approximate surface area is 133 Å². The molecule has 0 aliphatic carbocycles. The topological polar surface area (TPSA) is 83.5 Å². The van der Waals surface area contributed by atoms with Gasteiger partial charge in [0.15, 0.2) is 0 Å². The molecule has 2 aromatic carbocycles. The molecule has 0 spiro atoms. The molecule has 0 radical (unpaired) electrons. The van der Waals surface area contributed by atoms with Crippen molar-refractivity contribution in [3.05, 3.63) is 36.4 Å². The zero-order valence-corrected chi connectivity index (χ0v) is 10.4. The number of carbonyl (C=O) groups is 1. The van der Waals surface area contributed by atoms with Gasteiger partial charge in [0.05, 0.1) is 0 Å². The van der Waals surface area contributed by atoms with Gasteiger partial charge in [0.1, 0.15) is 4.90 Å². The molecule has 0 aliphatic heterocycles. The van der Waals surface area contributed by atoms with E-state index in [1.54, 1.807) is 24.3 Å². The summed E-state index contributed by atoms with van der Waals surface area (Å²) >= 11 is 0. The van der Waals surface area contributed by atoms with Gasteiger partial charge in [-0.2, -0.15) is 8.42 Å². The third-order valence-corrected chi connectivity index (χ3v) is 3.38. The average molecular weight is 289 g/mol. The number of hydrogen-bond donors (Lipinski definition) is 2. The fourth-order valence-corrected chi connectivity index (χ4v) is 2.49. The average Bonchev–Trinajstić information content (AvgIpc) is 2.27. The Morgan fingerprint density at radius 3 is 2.21 bits per heavy atom. The van der Waals surface area contributed by atoms with Crippen molar-refractivity contribution in [3.8, 4) is 0 Å². The van der Waals surface area contributed by atoms with Crippen molar-refractivity contribution in [2.45, 2.75) is 11.8 Å². The Morgan fingerprint density at radius 2 is 1.68 bits per heavy atom. The molecule has 5 nitrogen and oxygen atoms in total. The third kappa shape index (κ3) is 3.55. The summed E-state index contributed by atoms with van der Waals surface area (Å²) in [6.07, 6.45) is 0. The van der Waals surface area contributed by atoms with E-state index in [0.29, 0.717) is 16.5 Å². The zero-order chi connectivity index (χ0) is 13.3. The number of anilines is 1. The van der Waals surface area contributed by atoms with Gasteiger partial charge in [-0.3, -0.25) is 9.35 Å². The molecule has 0 atom stereocenters. The summed E-state index contributed by atoms with van der Waals surface area (Å²) in [4.78, 5) is 10.9. The Bertz CT molecular complexity index is 728. The van der Waals surface area contributed by atoms with Crippen LogP contribution in [0.1, 0.15) is 6.92 Å². The molecule has 7 heteroatoms. The van der Waals surface area contributed by atoms with Gasteiger partial charge in [0, 0.05) is 23.4 Å². The molecule has 0 saturated carbocycles. The molecule has 0 aromatic heterocycles. The Morgan fingerprint density at radius 1 is 1.11 bits per heavy atom. The van der Waals surface area contributed by atoms with Crippen LogP contribution in [-0.2, 0) is 14.9 Å². The number of rotatable bonds is 2. The summed E-state index contributed by atoms with van der Waals surface area (Å²) < 4.78 is 31.6. The quantitative estimate of drug-likeness (QED) is 0.646. The third-order valence-electron chi connectivity index (χ3n) is 2.47. The molecule has 0 unspecified atom stereocenters. The van der Waals surface area contributed by atoms with Gasteiger partial charge in [-0.15, -0.1) is 0 Å². The Balaban J connectivity index is 0.00000180. The summed E-state index contributed by atoms with van der Waals surface area (Å²) in [6.45, 7) is 1.37. The minimum absolute atomic E-state index is 0. The summed E-state index contributed by atoms with van der Waals surface area (Å²) in [5.74, 6) is -0.250. The summed E-state index contributed by atoms with van der Waals surface area (Å²) in [6, 6.07) is 9.35. The van der Waals surface area contributed by atoms with Crippen LogP contribution in [0.25, 0.3) is 10.8 Å². The van der Waals surface area contributed by atoms with E-state index in [9.17, 15) is 13.2 Å².